The molecule has 3 nitrogen and oxygen atoms in total. The summed E-state index contributed by atoms with van der Waals surface area (Å²) in [7, 11) is 0. The maximum absolute atomic E-state index is 12.8. The van der Waals surface area contributed by atoms with Crippen LogP contribution in [0, 0.1) is 5.82 Å². The lowest BCUT2D eigenvalue weighted by Gasteiger charge is -2.07. The number of hydrogen-bond donors (Lipinski definition) is 1. The van der Waals surface area contributed by atoms with Crippen LogP contribution in [0.1, 0.15) is 16.8 Å². The minimum absolute atomic E-state index is 0.371. The molecule has 3 rings (SSSR count). The number of benzene rings is 1. The summed E-state index contributed by atoms with van der Waals surface area (Å²) in [6.07, 6.45) is 0.701. The maximum atomic E-state index is 12.8. The van der Waals surface area contributed by atoms with Gasteiger partial charge < -0.3 is 5.11 Å². The van der Waals surface area contributed by atoms with E-state index in [0.29, 0.717) is 12.1 Å². The number of thiazole rings is 1. The summed E-state index contributed by atoms with van der Waals surface area (Å²) in [5.41, 5.74) is 2.40. The van der Waals surface area contributed by atoms with Crippen LogP contribution in [0.2, 0.25) is 0 Å². The lowest BCUT2D eigenvalue weighted by Crippen LogP contribution is -2.04. The van der Waals surface area contributed by atoms with E-state index in [9.17, 15) is 9.50 Å². The Labute approximate surface area is 125 Å². The number of aliphatic hydroxyl groups is 1. The third-order valence-corrected chi connectivity index (χ3v) is 3.95. The molecule has 0 spiro atoms. The van der Waals surface area contributed by atoms with Crippen molar-refractivity contribution in [2.45, 2.75) is 12.5 Å². The lowest BCUT2D eigenvalue weighted by molar-refractivity contribution is 0.173. The van der Waals surface area contributed by atoms with Crippen molar-refractivity contribution in [2.24, 2.45) is 0 Å². The van der Waals surface area contributed by atoms with E-state index in [4.69, 9.17) is 0 Å². The summed E-state index contributed by atoms with van der Waals surface area (Å²) in [6, 6.07) is 12.7. The van der Waals surface area contributed by atoms with E-state index in [1.165, 1.54) is 23.5 Å². The van der Waals surface area contributed by atoms with Crippen LogP contribution < -0.4 is 0 Å². The first kappa shape index (κ1) is 13.9. The Morgan fingerprint density at radius 2 is 1.95 bits per heavy atom. The molecule has 5 heteroatoms. The molecular weight excluding hydrogens is 287 g/mol. The van der Waals surface area contributed by atoms with Crippen molar-refractivity contribution in [1.29, 1.82) is 0 Å². The van der Waals surface area contributed by atoms with E-state index in [1.807, 2.05) is 35.7 Å². The molecule has 0 fully saturated rings. The zero-order valence-corrected chi connectivity index (χ0v) is 11.9. The van der Waals surface area contributed by atoms with Gasteiger partial charge in [0.05, 0.1) is 22.6 Å². The Balaban J connectivity index is 1.74. The zero-order valence-electron chi connectivity index (χ0n) is 11.1. The smallest absolute Gasteiger partial charge is 0.141 e. The predicted molar refractivity (Wildman–Crippen MR) is 80.4 cm³/mol. The van der Waals surface area contributed by atoms with E-state index in [-0.39, 0.29) is 0 Å². The first-order valence-electron chi connectivity index (χ1n) is 6.52. The average Bonchev–Trinajstić information content (AvgIpc) is 2.97. The Hall–Kier alpha value is -2.11. The van der Waals surface area contributed by atoms with Gasteiger partial charge in [0, 0.05) is 17.4 Å². The maximum Gasteiger partial charge on any atom is 0.141 e. The molecule has 3 aromatic rings. The third-order valence-electron chi connectivity index (χ3n) is 3.08. The number of halogens is 1. The summed E-state index contributed by atoms with van der Waals surface area (Å²) in [6.45, 7) is 0. The summed E-state index contributed by atoms with van der Waals surface area (Å²) < 4.78 is 12.8. The van der Waals surface area contributed by atoms with Crippen LogP contribution in [-0.4, -0.2) is 15.1 Å². The molecule has 0 bridgehead atoms. The number of aromatic nitrogens is 2. The fourth-order valence-electron chi connectivity index (χ4n) is 2.00. The van der Waals surface area contributed by atoms with Crippen LogP contribution in [0.15, 0.2) is 54.0 Å². The van der Waals surface area contributed by atoms with Gasteiger partial charge in [-0.05, 0) is 12.1 Å². The molecule has 106 valence electrons. The number of rotatable bonds is 4. The Morgan fingerprint density at radius 3 is 2.67 bits per heavy atom. The van der Waals surface area contributed by atoms with Crippen LogP contribution in [0.5, 0.6) is 0 Å². The second kappa shape index (κ2) is 6.11. The first-order chi connectivity index (χ1) is 10.2. The molecule has 1 atom stereocenters. The normalized spacial score (nSPS) is 12.3. The van der Waals surface area contributed by atoms with E-state index in [1.54, 1.807) is 0 Å². The number of pyridine rings is 1. The highest BCUT2D eigenvalue weighted by Crippen LogP contribution is 2.24. The summed E-state index contributed by atoms with van der Waals surface area (Å²) in [4.78, 5) is 8.41. The fourth-order valence-corrected chi connectivity index (χ4v) is 2.84. The van der Waals surface area contributed by atoms with Crippen LogP contribution in [0.25, 0.3) is 11.3 Å². The Morgan fingerprint density at radius 1 is 1.14 bits per heavy atom. The molecule has 2 heterocycles. The minimum Gasteiger partial charge on any atom is -0.386 e. The topological polar surface area (TPSA) is 46.0 Å². The van der Waals surface area contributed by atoms with Crippen molar-refractivity contribution in [2.75, 3.05) is 0 Å². The highest BCUT2D eigenvalue weighted by Gasteiger charge is 2.13. The van der Waals surface area contributed by atoms with Gasteiger partial charge >= 0.3 is 0 Å². The first-order valence-corrected chi connectivity index (χ1v) is 7.39. The molecule has 0 saturated carbocycles. The highest BCUT2D eigenvalue weighted by atomic mass is 32.1. The predicted octanol–water partition coefficient (Wildman–Crippen LogP) is 3.62. The van der Waals surface area contributed by atoms with Gasteiger partial charge in [0.15, 0.2) is 0 Å². The van der Waals surface area contributed by atoms with Crippen molar-refractivity contribution in [3.63, 3.8) is 0 Å². The van der Waals surface area contributed by atoms with Gasteiger partial charge in [0.25, 0.3) is 0 Å². The number of hydrogen-bond acceptors (Lipinski definition) is 4. The molecule has 0 amide bonds. The minimum atomic E-state index is -0.777. The van der Waals surface area contributed by atoms with Crippen LogP contribution >= 0.6 is 11.3 Å². The second-order valence-corrected chi connectivity index (χ2v) is 5.56. The molecular formula is C16H13FN2OS. The molecule has 0 saturated heterocycles. The summed E-state index contributed by atoms with van der Waals surface area (Å²) >= 11 is 1.50. The van der Waals surface area contributed by atoms with Crippen molar-refractivity contribution < 1.29 is 9.50 Å². The molecule has 1 N–H and O–H groups in total. The van der Waals surface area contributed by atoms with Gasteiger partial charge in [0.1, 0.15) is 11.9 Å². The molecule has 1 unspecified atom stereocenters. The number of aliphatic hydroxyl groups excluding tert-OH is 1. The van der Waals surface area contributed by atoms with Crippen molar-refractivity contribution in [3.8, 4) is 11.3 Å². The molecule has 0 aliphatic heterocycles. The lowest BCUT2D eigenvalue weighted by atomic mass is 10.1. The molecule has 21 heavy (non-hydrogen) atoms. The second-order valence-electron chi connectivity index (χ2n) is 4.61. The van der Waals surface area contributed by atoms with Crippen molar-refractivity contribution in [3.05, 3.63) is 70.6 Å². The van der Waals surface area contributed by atoms with E-state index in [0.717, 1.165) is 22.5 Å². The fraction of sp³-hybridized carbons (Fsp3) is 0.125. The van der Waals surface area contributed by atoms with Crippen molar-refractivity contribution >= 4 is 11.3 Å². The average molecular weight is 300 g/mol. The van der Waals surface area contributed by atoms with E-state index < -0.39 is 11.9 Å². The van der Waals surface area contributed by atoms with Crippen LogP contribution in [0.4, 0.5) is 4.39 Å². The quantitative estimate of drug-likeness (QED) is 0.800. The standard InChI is InChI=1S/C16H13FN2OS/c17-12-6-7-13(18-9-12)15(20)8-16-19-14(10-21-16)11-4-2-1-3-5-11/h1-7,9-10,15,20H,8H2. The molecule has 0 aliphatic carbocycles. The Bertz CT molecular complexity index is 713. The van der Waals surface area contributed by atoms with Gasteiger partial charge in [-0.1, -0.05) is 30.3 Å². The zero-order chi connectivity index (χ0) is 14.7. The molecule has 2 aromatic heterocycles. The monoisotopic (exact) mass is 300 g/mol. The third kappa shape index (κ3) is 3.32. The molecule has 0 aliphatic rings. The Kier molecular flexibility index (Phi) is 4.03. The van der Waals surface area contributed by atoms with Gasteiger partial charge in [0.2, 0.25) is 0 Å². The van der Waals surface area contributed by atoms with Crippen LogP contribution in [0.3, 0.4) is 0 Å². The van der Waals surface area contributed by atoms with Crippen molar-refractivity contribution in [1.82, 2.24) is 9.97 Å². The van der Waals surface area contributed by atoms with Gasteiger partial charge in [-0.25, -0.2) is 9.37 Å². The molecule has 0 radical (unpaired) electrons. The van der Waals surface area contributed by atoms with Gasteiger partial charge in [-0.3, -0.25) is 4.98 Å². The highest BCUT2D eigenvalue weighted by molar-refractivity contribution is 7.09. The van der Waals surface area contributed by atoms with E-state index >= 15 is 0 Å². The van der Waals surface area contributed by atoms with Gasteiger partial charge in [-0.2, -0.15) is 0 Å². The SMILES string of the molecule is OC(Cc1nc(-c2ccccc2)cs1)c1ccc(F)cn1. The van der Waals surface area contributed by atoms with Gasteiger partial charge in [-0.15, -0.1) is 11.3 Å². The largest absolute Gasteiger partial charge is 0.386 e. The summed E-state index contributed by atoms with van der Waals surface area (Å²) in [5, 5.41) is 12.9. The number of nitrogens with zero attached hydrogens (tertiary/aromatic N) is 2. The summed E-state index contributed by atoms with van der Waals surface area (Å²) in [5.74, 6) is -0.411. The molecule has 1 aromatic carbocycles. The van der Waals surface area contributed by atoms with E-state index in [2.05, 4.69) is 9.97 Å². The van der Waals surface area contributed by atoms with Crippen LogP contribution in [-0.2, 0) is 6.42 Å².